The number of aromatic nitrogens is 3. The van der Waals surface area contributed by atoms with Crippen LogP contribution in [0.5, 0.6) is 0 Å². The van der Waals surface area contributed by atoms with Crippen LogP contribution in [0, 0.1) is 0 Å². The van der Waals surface area contributed by atoms with Gasteiger partial charge in [-0.15, -0.1) is 0 Å². The van der Waals surface area contributed by atoms with Crippen molar-refractivity contribution in [1.82, 2.24) is 19.4 Å². The van der Waals surface area contributed by atoms with E-state index in [-0.39, 0.29) is 0 Å². The van der Waals surface area contributed by atoms with Crippen LogP contribution >= 0.6 is 11.6 Å². The second kappa shape index (κ2) is 6.26. The molecular weight excluding hydrogens is 260 g/mol. The predicted molar refractivity (Wildman–Crippen MR) is 78.5 cm³/mol. The summed E-state index contributed by atoms with van der Waals surface area (Å²) >= 11 is 5.99. The fourth-order valence-corrected chi connectivity index (χ4v) is 2.17. The zero-order valence-corrected chi connectivity index (χ0v) is 12.5. The summed E-state index contributed by atoms with van der Waals surface area (Å²) in [7, 11) is 1.93. The highest BCUT2D eigenvalue weighted by Crippen LogP contribution is 2.15. The molecule has 0 spiro atoms. The van der Waals surface area contributed by atoms with Crippen LogP contribution in [0.3, 0.4) is 0 Å². The van der Waals surface area contributed by atoms with Crippen molar-refractivity contribution in [2.75, 3.05) is 6.54 Å². The summed E-state index contributed by atoms with van der Waals surface area (Å²) in [6.45, 7) is 6.15. The molecule has 2 aromatic heterocycles. The van der Waals surface area contributed by atoms with Crippen LogP contribution in [0.1, 0.15) is 37.7 Å². The second-order valence-electron chi connectivity index (χ2n) is 4.85. The van der Waals surface area contributed by atoms with Crippen LogP contribution < -0.4 is 5.32 Å². The first-order chi connectivity index (χ1) is 9.11. The van der Waals surface area contributed by atoms with Crippen LogP contribution in [0.25, 0.3) is 0 Å². The zero-order valence-electron chi connectivity index (χ0n) is 11.7. The van der Waals surface area contributed by atoms with Gasteiger partial charge in [-0.05, 0) is 31.5 Å². The molecule has 0 aliphatic carbocycles. The molecule has 4 nitrogen and oxygen atoms in total. The van der Waals surface area contributed by atoms with Crippen LogP contribution in [-0.2, 0) is 13.6 Å². The van der Waals surface area contributed by atoms with Crippen molar-refractivity contribution in [2.45, 2.75) is 32.9 Å². The Bertz CT molecular complexity index is 529. The maximum Gasteiger partial charge on any atom is 0.129 e. The fourth-order valence-electron chi connectivity index (χ4n) is 2.03. The first-order valence-corrected chi connectivity index (χ1v) is 7.04. The highest BCUT2D eigenvalue weighted by atomic mass is 35.5. The third-order valence-electron chi connectivity index (χ3n) is 3.33. The minimum atomic E-state index is 0.381. The molecule has 0 amide bonds. The van der Waals surface area contributed by atoms with Crippen molar-refractivity contribution in [3.8, 4) is 0 Å². The molecule has 2 heterocycles. The maximum absolute atomic E-state index is 5.99. The van der Waals surface area contributed by atoms with Gasteiger partial charge in [0.25, 0.3) is 0 Å². The number of hydrogen-bond acceptors (Lipinski definition) is 2. The first-order valence-electron chi connectivity index (χ1n) is 6.67. The largest absolute Gasteiger partial charge is 0.346 e. The van der Waals surface area contributed by atoms with Gasteiger partial charge in [0.05, 0.1) is 12.7 Å². The Morgan fingerprint density at radius 1 is 1.47 bits per heavy atom. The lowest BCUT2D eigenvalue weighted by molar-refractivity contribution is 0.569. The molecule has 0 saturated heterocycles. The van der Waals surface area contributed by atoms with Crippen LogP contribution in [0.4, 0.5) is 0 Å². The van der Waals surface area contributed by atoms with E-state index in [1.54, 1.807) is 6.20 Å². The summed E-state index contributed by atoms with van der Waals surface area (Å²) in [5, 5.41) is 4.15. The molecule has 1 N–H and O–H groups in total. The van der Waals surface area contributed by atoms with Gasteiger partial charge in [-0.3, -0.25) is 0 Å². The van der Waals surface area contributed by atoms with Gasteiger partial charge in [0.15, 0.2) is 0 Å². The summed E-state index contributed by atoms with van der Waals surface area (Å²) in [4.78, 5) is 4.31. The molecule has 0 aliphatic heterocycles. The van der Waals surface area contributed by atoms with Crippen molar-refractivity contribution in [2.24, 2.45) is 7.05 Å². The lowest BCUT2D eigenvalue weighted by atomic mass is 10.2. The van der Waals surface area contributed by atoms with Crippen LogP contribution in [0.15, 0.2) is 24.7 Å². The number of nitrogens with zero attached hydrogens (tertiary/aromatic N) is 3. The molecule has 1 unspecified atom stereocenters. The smallest absolute Gasteiger partial charge is 0.129 e. The normalized spacial score (nSPS) is 12.8. The molecule has 0 fully saturated rings. The van der Waals surface area contributed by atoms with Gasteiger partial charge in [0, 0.05) is 25.5 Å². The van der Waals surface area contributed by atoms with E-state index in [9.17, 15) is 0 Å². The minimum absolute atomic E-state index is 0.381. The Morgan fingerprint density at radius 2 is 2.26 bits per heavy atom. The van der Waals surface area contributed by atoms with Gasteiger partial charge < -0.3 is 14.5 Å². The molecular formula is C14H21ClN4. The molecule has 1 atom stereocenters. The highest BCUT2D eigenvalue weighted by Gasteiger charge is 2.08. The van der Waals surface area contributed by atoms with Crippen molar-refractivity contribution in [3.05, 3.63) is 41.2 Å². The second-order valence-corrected chi connectivity index (χ2v) is 5.24. The molecule has 0 saturated carbocycles. The summed E-state index contributed by atoms with van der Waals surface area (Å²) in [6, 6.07) is 2.53. The third-order valence-corrected chi connectivity index (χ3v) is 3.68. The SMILES string of the molecule is CCCNC(C)c1ccn(Cc2ncc(Cl)n2C)c1. The standard InChI is InChI=1S/C14H21ClN4/c1-4-6-16-11(2)12-5-7-19(9-12)10-14-17-8-13(15)18(14)3/h5,7-9,11,16H,4,6,10H2,1-3H3. The van der Waals surface area contributed by atoms with Crippen molar-refractivity contribution in [3.63, 3.8) is 0 Å². The first kappa shape index (κ1) is 14.2. The van der Waals surface area contributed by atoms with Gasteiger partial charge >= 0.3 is 0 Å². The Morgan fingerprint density at radius 3 is 2.89 bits per heavy atom. The van der Waals surface area contributed by atoms with E-state index in [4.69, 9.17) is 11.6 Å². The van der Waals surface area contributed by atoms with Gasteiger partial charge in [0.1, 0.15) is 11.0 Å². The van der Waals surface area contributed by atoms with Crippen molar-refractivity contribution in [1.29, 1.82) is 0 Å². The number of halogens is 1. The Kier molecular flexibility index (Phi) is 4.66. The number of rotatable bonds is 6. The molecule has 19 heavy (non-hydrogen) atoms. The van der Waals surface area contributed by atoms with Crippen molar-refractivity contribution < 1.29 is 0 Å². The van der Waals surface area contributed by atoms with E-state index in [1.807, 2.05) is 11.6 Å². The Balaban J connectivity index is 2.03. The van der Waals surface area contributed by atoms with E-state index in [2.05, 4.69) is 47.2 Å². The summed E-state index contributed by atoms with van der Waals surface area (Å²) in [5.41, 5.74) is 1.30. The van der Waals surface area contributed by atoms with Gasteiger partial charge in [-0.1, -0.05) is 18.5 Å². The fraction of sp³-hybridized carbons (Fsp3) is 0.500. The van der Waals surface area contributed by atoms with E-state index >= 15 is 0 Å². The molecule has 0 bridgehead atoms. The van der Waals surface area contributed by atoms with E-state index in [0.29, 0.717) is 11.2 Å². The van der Waals surface area contributed by atoms with Crippen molar-refractivity contribution >= 4 is 11.6 Å². The molecule has 104 valence electrons. The Hall–Kier alpha value is -1.26. The van der Waals surface area contributed by atoms with Gasteiger partial charge in [-0.25, -0.2) is 4.98 Å². The molecule has 2 rings (SSSR count). The maximum atomic E-state index is 5.99. The van der Waals surface area contributed by atoms with Gasteiger partial charge in [-0.2, -0.15) is 0 Å². The van der Waals surface area contributed by atoms with E-state index < -0.39 is 0 Å². The predicted octanol–water partition coefficient (Wildman–Crippen LogP) is 2.98. The number of nitrogens with one attached hydrogen (secondary N) is 1. The van der Waals surface area contributed by atoms with E-state index in [1.165, 1.54) is 5.56 Å². The molecule has 0 aliphatic rings. The van der Waals surface area contributed by atoms with Gasteiger partial charge in [0.2, 0.25) is 0 Å². The molecule has 0 radical (unpaired) electrons. The highest BCUT2D eigenvalue weighted by molar-refractivity contribution is 6.29. The molecule has 2 aromatic rings. The lowest BCUT2D eigenvalue weighted by Crippen LogP contribution is -2.18. The average Bonchev–Trinajstić information content (AvgIpc) is 2.98. The van der Waals surface area contributed by atoms with Crippen LogP contribution in [-0.4, -0.2) is 20.7 Å². The lowest BCUT2D eigenvalue weighted by Gasteiger charge is -2.11. The third kappa shape index (κ3) is 3.39. The topological polar surface area (TPSA) is 34.8 Å². The molecule has 5 heteroatoms. The number of imidazole rings is 1. The van der Waals surface area contributed by atoms with E-state index in [0.717, 1.165) is 25.3 Å². The average molecular weight is 281 g/mol. The number of hydrogen-bond donors (Lipinski definition) is 1. The van der Waals surface area contributed by atoms with Crippen LogP contribution in [0.2, 0.25) is 5.15 Å². The summed E-state index contributed by atoms with van der Waals surface area (Å²) in [5.74, 6) is 0.960. The Labute approximate surface area is 119 Å². The minimum Gasteiger partial charge on any atom is -0.346 e. The summed E-state index contributed by atoms with van der Waals surface area (Å²) in [6.07, 6.45) is 7.08. The quantitative estimate of drug-likeness (QED) is 0.883. The summed E-state index contributed by atoms with van der Waals surface area (Å²) < 4.78 is 4.04. The monoisotopic (exact) mass is 280 g/mol. The molecule has 0 aromatic carbocycles. The zero-order chi connectivity index (χ0) is 13.8.